The molecule has 1 fully saturated rings. The minimum absolute atomic E-state index is 0.0648. The van der Waals surface area contributed by atoms with Crippen molar-refractivity contribution < 1.29 is 31.5 Å². The van der Waals surface area contributed by atoms with E-state index in [-0.39, 0.29) is 34.0 Å². The number of methoxy groups -OCH3 is 2. The molecule has 1 aliphatic rings. The quantitative estimate of drug-likeness (QED) is 0.593. The van der Waals surface area contributed by atoms with Crippen molar-refractivity contribution in [3.8, 4) is 5.75 Å². The van der Waals surface area contributed by atoms with Crippen LogP contribution in [0.1, 0.15) is 22.5 Å². The number of ether oxygens (including phenoxy) is 2. The number of carbonyl (C=O) groups excluding carboxylic acids is 1. The van der Waals surface area contributed by atoms with Crippen LogP contribution in [-0.2, 0) is 21.4 Å². The van der Waals surface area contributed by atoms with Gasteiger partial charge in [-0.1, -0.05) is 6.07 Å². The van der Waals surface area contributed by atoms with Gasteiger partial charge in [0, 0.05) is 38.0 Å². The summed E-state index contributed by atoms with van der Waals surface area (Å²) in [5, 5.41) is 0.103. The van der Waals surface area contributed by atoms with Crippen LogP contribution in [0.4, 0.5) is 10.1 Å². The molecular weight excluding hydrogens is 427 g/mol. The summed E-state index contributed by atoms with van der Waals surface area (Å²) in [7, 11) is -1.49. The summed E-state index contributed by atoms with van der Waals surface area (Å²) in [5.74, 6) is -1.81. The van der Waals surface area contributed by atoms with E-state index in [1.54, 1.807) is 12.1 Å². The molecule has 8 nitrogen and oxygen atoms in total. The average Bonchev–Trinajstić information content (AvgIpc) is 3.12. The van der Waals surface area contributed by atoms with Crippen molar-refractivity contribution in [1.82, 2.24) is 4.72 Å². The molecule has 2 heterocycles. The molecule has 0 aliphatic carbocycles. The van der Waals surface area contributed by atoms with Crippen LogP contribution in [0.3, 0.4) is 0 Å². The summed E-state index contributed by atoms with van der Waals surface area (Å²) < 4.78 is 57.8. The minimum Gasteiger partial charge on any atom is -0.495 e. The molecule has 0 bridgehead atoms. The Bertz CT molecular complexity index is 1250. The summed E-state index contributed by atoms with van der Waals surface area (Å²) in [4.78, 5) is 14.4. The zero-order chi connectivity index (χ0) is 22.2. The van der Waals surface area contributed by atoms with E-state index in [9.17, 15) is 17.6 Å². The van der Waals surface area contributed by atoms with Gasteiger partial charge in [0.15, 0.2) is 5.76 Å². The highest BCUT2D eigenvalue weighted by Crippen LogP contribution is 2.31. The molecule has 2 aromatic carbocycles. The van der Waals surface area contributed by atoms with Gasteiger partial charge in [-0.25, -0.2) is 17.5 Å². The van der Waals surface area contributed by atoms with Crippen LogP contribution in [0.2, 0.25) is 0 Å². The van der Waals surface area contributed by atoms with Gasteiger partial charge < -0.3 is 18.8 Å². The molecule has 0 spiro atoms. The first-order valence-electron chi connectivity index (χ1n) is 9.53. The first-order chi connectivity index (χ1) is 14.8. The monoisotopic (exact) mass is 448 g/mol. The SMILES string of the molecule is COCc1ccc(OC)c(S(=O)(=O)NC(=O)c2cc3c(F)cc(N4CCC4)cc3o2)c1. The second-order valence-corrected chi connectivity index (χ2v) is 8.79. The average molecular weight is 448 g/mol. The van der Waals surface area contributed by atoms with Crippen molar-refractivity contribution in [3.05, 3.63) is 53.5 Å². The van der Waals surface area contributed by atoms with Gasteiger partial charge in [0.1, 0.15) is 22.0 Å². The van der Waals surface area contributed by atoms with E-state index in [0.717, 1.165) is 19.5 Å². The number of benzene rings is 2. The lowest BCUT2D eigenvalue weighted by atomic mass is 10.1. The van der Waals surface area contributed by atoms with Crippen LogP contribution in [0.15, 0.2) is 45.7 Å². The smallest absolute Gasteiger partial charge is 0.300 e. The van der Waals surface area contributed by atoms with Crippen LogP contribution >= 0.6 is 0 Å². The van der Waals surface area contributed by atoms with Crippen molar-refractivity contribution in [2.75, 3.05) is 32.2 Å². The van der Waals surface area contributed by atoms with E-state index in [0.29, 0.717) is 11.3 Å². The first-order valence-corrected chi connectivity index (χ1v) is 11.0. The Morgan fingerprint density at radius 2 is 1.97 bits per heavy atom. The zero-order valence-electron chi connectivity index (χ0n) is 17.0. The Kier molecular flexibility index (Phi) is 5.59. The number of amides is 1. The summed E-state index contributed by atoms with van der Waals surface area (Å²) in [6, 6.07) is 8.69. The van der Waals surface area contributed by atoms with Crippen LogP contribution in [0, 0.1) is 5.82 Å². The molecule has 10 heteroatoms. The first kappa shape index (κ1) is 21.1. The van der Waals surface area contributed by atoms with Crippen LogP contribution < -0.4 is 14.4 Å². The predicted octanol–water partition coefficient (Wildman–Crippen LogP) is 3.06. The Balaban J connectivity index is 1.63. The third-order valence-electron chi connectivity index (χ3n) is 5.07. The van der Waals surface area contributed by atoms with Crippen molar-refractivity contribution >= 4 is 32.6 Å². The van der Waals surface area contributed by atoms with E-state index in [1.165, 1.54) is 38.5 Å². The summed E-state index contributed by atoms with van der Waals surface area (Å²) in [6.07, 6.45) is 1.03. The number of nitrogens with one attached hydrogen (secondary N) is 1. The second kappa shape index (κ2) is 8.20. The Labute approximate surface area is 178 Å². The van der Waals surface area contributed by atoms with Gasteiger partial charge in [-0.15, -0.1) is 0 Å². The molecule has 0 unspecified atom stereocenters. The highest BCUT2D eigenvalue weighted by Gasteiger charge is 2.26. The van der Waals surface area contributed by atoms with Crippen molar-refractivity contribution in [1.29, 1.82) is 0 Å². The van der Waals surface area contributed by atoms with Gasteiger partial charge in [-0.05, 0) is 30.2 Å². The molecule has 0 atom stereocenters. The maximum atomic E-state index is 14.5. The number of halogens is 1. The number of furan rings is 1. The third kappa shape index (κ3) is 4.08. The maximum absolute atomic E-state index is 14.5. The fraction of sp³-hybridized carbons (Fsp3) is 0.286. The van der Waals surface area contributed by atoms with Gasteiger partial charge in [0.05, 0.1) is 19.1 Å². The number of carbonyl (C=O) groups is 1. The van der Waals surface area contributed by atoms with E-state index in [4.69, 9.17) is 13.9 Å². The van der Waals surface area contributed by atoms with Crippen LogP contribution in [0.25, 0.3) is 11.0 Å². The number of rotatable bonds is 7. The van der Waals surface area contributed by atoms with Gasteiger partial charge in [-0.2, -0.15) is 0 Å². The Hall–Kier alpha value is -3.11. The van der Waals surface area contributed by atoms with E-state index in [1.807, 2.05) is 9.62 Å². The number of hydrogen-bond donors (Lipinski definition) is 1. The Morgan fingerprint density at radius 3 is 2.61 bits per heavy atom. The highest BCUT2D eigenvalue weighted by molar-refractivity contribution is 7.90. The van der Waals surface area contributed by atoms with Crippen molar-refractivity contribution in [3.63, 3.8) is 0 Å². The lowest BCUT2D eigenvalue weighted by molar-refractivity contribution is 0.0956. The topological polar surface area (TPSA) is 98.1 Å². The second-order valence-electron chi connectivity index (χ2n) is 7.14. The van der Waals surface area contributed by atoms with Crippen molar-refractivity contribution in [2.45, 2.75) is 17.9 Å². The molecule has 0 radical (unpaired) electrons. The number of hydrogen-bond acceptors (Lipinski definition) is 7. The van der Waals surface area contributed by atoms with Gasteiger partial charge >= 0.3 is 5.91 Å². The highest BCUT2D eigenvalue weighted by atomic mass is 32.2. The van der Waals surface area contributed by atoms with Crippen molar-refractivity contribution in [2.24, 2.45) is 0 Å². The molecule has 1 aromatic heterocycles. The molecule has 31 heavy (non-hydrogen) atoms. The normalized spacial score (nSPS) is 13.8. The molecule has 4 rings (SSSR count). The fourth-order valence-corrected chi connectivity index (χ4v) is 4.54. The van der Waals surface area contributed by atoms with Gasteiger partial charge in [0.2, 0.25) is 0 Å². The summed E-state index contributed by atoms with van der Waals surface area (Å²) in [5.41, 5.74) is 1.41. The number of nitrogens with zero attached hydrogens (tertiary/aromatic N) is 1. The molecule has 3 aromatic rings. The molecule has 1 aliphatic heterocycles. The van der Waals surface area contributed by atoms with E-state index >= 15 is 0 Å². The van der Waals surface area contributed by atoms with E-state index in [2.05, 4.69) is 0 Å². The third-order valence-corrected chi connectivity index (χ3v) is 6.42. The number of fused-ring (bicyclic) bond motifs is 1. The van der Waals surface area contributed by atoms with E-state index < -0.39 is 21.7 Å². The molecule has 164 valence electrons. The lowest BCUT2D eigenvalue weighted by Gasteiger charge is -2.33. The van der Waals surface area contributed by atoms with Gasteiger partial charge in [0.25, 0.3) is 10.0 Å². The fourth-order valence-electron chi connectivity index (χ4n) is 3.37. The van der Waals surface area contributed by atoms with Crippen LogP contribution in [-0.4, -0.2) is 41.6 Å². The number of anilines is 1. The molecule has 1 saturated heterocycles. The molecule has 0 saturated carbocycles. The minimum atomic E-state index is -4.30. The number of sulfonamides is 1. The lowest BCUT2D eigenvalue weighted by Crippen LogP contribution is -2.36. The zero-order valence-corrected chi connectivity index (χ0v) is 17.8. The maximum Gasteiger partial charge on any atom is 0.300 e. The molecule has 1 amide bonds. The summed E-state index contributed by atoms with van der Waals surface area (Å²) >= 11 is 0. The van der Waals surface area contributed by atoms with Gasteiger partial charge in [-0.3, -0.25) is 4.79 Å². The largest absolute Gasteiger partial charge is 0.495 e. The standard InChI is InChI=1S/C21H21FN2O6S/c1-28-12-13-4-5-17(29-2)20(8-13)31(26,27)23-21(25)19-11-15-16(22)9-14(10-18(15)30-19)24-6-3-7-24/h4-5,8-11H,3,6-7,12H2,1-2H3,(H,23,25). The molecule has 1 N–H and O–H groups in total. The van der Waals surface area contributed by atoms with Crippen LogP contribution in [0.5, 0.6) is 5.75 Å². The predicted molar refractivity (Wildman–Crippen MR) is 111 cm³/mol. The molecular formula is C21H21FN2O6S. The summed E-state index contributed by atoms with van der Waals surface area (Å²) in [6.45, 7) is 1.82. The Morgan fingerprint density at radius 1 is 1.19 bits per heavy atom.